The number of amides is 1. The number of anilines is 1. The summed E-state index contributed by atoms with van der Waals surface area (Å²) in [5, 5.41) is 9.00. The Balaban J connectivity index is 2.26. The third-order valence-electron chi connectivity index (χ3n) is 3.57. The van der Waals surface area contributed by atoms with Crippen LogP contribution in [0.3, 0.4) is 0 Å². The van der Waals surface area contributed by atoms with Crippen molar-refractivity contribution in [2.75, 3.05) is 31.1 Å². The van der Waals surface area contributed by atoms with Crippen LogP contribution in [0.1, 0.15) is 29.8 Å². The molecule has 0 radical (unpaired) electrons. The van der Waals surface area contributed by atoms with Crippen LogP contribution in [-0.2, 0) is 4.79 Å². The Kier molecular flexibility index (Phi) is 4.04. The zero-order chi connectivity index (χ0) is 14.7. The molecule has 0 aromatic heterocycles. The summed E-state index contributed by atoms with van der Waals surface area (Å²) < 4.78 is 0. The van der Waals surface area contributed by atoms with E-state index in [1.807, 2.05) is 0 Å². The van der Waals surface area contributed by atoms with Gasteiger partial charge in [0.25, 0.3) is 0 Å². The lowest BCUT2D eigenvalue weighted by atomic mass is 10.0. The summed E-state index contributed by atoms with van der Waals surface area (Å²) in [5.41, 5.74) is 1.96. The molecule has 0 N–H and O–H groups in total. The van der Waals surface area contributed by atoms with Crippen LogP contribution in [0.4, 0.5) is 5.69 Å². The standard InChI is InChI=1S/C15H17N3O2/c1-11(19)14-4-3-13(10-16)9-15(14)18-7-5-17(6-8-18)12(2)20/h3-4,9H,5-8H2,1-2H3. The molecule has 0 saturated carbocycles. The first-order valence-corrected chi connectivity index (χ1v) is 6.58. The van der Waals surface area contributed by atoms with Crippen LogP contribution in [0.15, 0.2) is 18.2 Å². The minimum Gasteiger partial charge on any atom is -0.367 e. The number of ketones is 1. The summed E-state index contributed by atoms with van der Waals surface area (Å²) in [6, 6.07) is 7.21. The van der Waals surface area contributed by atoms with Crippen molar-refractivity contribution >= 4 is 17.4 Å². The third-order valence-corrected chi connectivity index (χ3v) is 3.57. The normalized spacial score (nSPS) is 14.8. The zero-order valence-electron chi connectivity index (χ0n) is 11.7. The molecule has 5 heteroatoms. The third kappa shape index (κ3) is 2.80. The van der Waals surface area contributed by atoms with E-state index in [0.29, 0.717) is 37.3 Å². The zero-order valence-corrected chi connectivity index (χ0v) is 11.7. The van der Waals surface area contributed by atoms with Crippen molar-refractivity contribution in [2.24, 2.45) is 0 Å². The van der Waals surface area contributed by atoms with Gasteiger partial charge in [0.15, 0.2) is 5.78 Å². The summed E-state index contributed by atoms with van der Waals surface area (Å²) >= 11 is 0. The second kappa shape index (κ2) is 5.74. The minimum atomic E-state index is -0.0153. The van der Waals surface area contributed by atoms with E-state index in [4.69, 9.17) is 5.26 Å². The molecule has 20 heavy (non-hydrogen) atoms. The lowest BCUT2D eigenvalue weighted by Crippen LogP contribution is -2.48. The number of benzene rings is 1. The monoisotopic (exact) mass is 271 g/mol. The van der Waals surface area contributed by atoms with Crippen LogP contribution in [0, 0.1) is 11.3 Å². The largest absolute Gasteiger partial charge is 0.367 e. The van der Waals surface area contributed by atoms with Crippen molar-refractivity contribution in [3.63, 3.8) is 0 Å². The molecular weight excluding hydrogens is 254 g/mol. The van der Waals surface area contributed by atoms with E-state index in [0.717, 1.165) is 5.69 Å². The highest BCUT2D eigenvalue weighted by molar-refractivity contribution is 6.00. The topological polar surface area (TPSA) is 64.4 Å². The number of nitriles is 1. The van der Waals surface area contributed by atoms with E-state index in [9.17, 15) is 9.59 Å². The van der Waals surface area contributed by atoms with Crippen molar-refractivity contribution in [3.05, 3.63) is 29.3 Å². The van der Waals surface area contributed by atoms with Crippen molar-refractivity contribution in [3.8, 4) is 6.07 Å². The summed E-state index contributed by atoms with van der Waals surface area (Å²) in [4.78, 5) is 26.9. The molecule has 5 nitrogen and oxygen atoms in total. The average Bonchev–Trinajstić information content (AvgIpc) is 2.46. The number of carbonyl (C=O) groups excluding carboxylic acids is 2. The molecule has 0 spiro atoms. The van der Waals surface area contributed by atoms with Gasteiger partial charge in [0.1, 0.15) is 0 Å². The fraction of sp³-hybridized carbons (Fsp3) is 0.400. The highest BCUT2D eigenvalue weighted by Crippen LogP contribution is 2.24. The Morgan fingerprint density at radius 1 is 1.15 bits per heavy atom. The Hall–Kier alpha value is -2.35. The van der Waals surface area contributed by atoms with Gasteiger partial charge < -0.3 is 9.80 Å². The molecular formula is C15H17N3O2. The van der Waals surface area contributed by atoms with Gasteiger partial charge in [-0.25, -0.2) is 0 Å². The molecule has 1 fully saturated rings. The molecule has 2 rings (SSSR count). The van der Waals surface area contributed by atoms with Crippen molar-refractivity contribution in [1.82, 2.24) is 4.90 Å². The molecule has 1 aliphatic heterocycles. The molecule has 1 amide bonds. The molecule has 1 saturated heterocycles. The smallest absolute Gasteiger partial charge is 0.219 e. The molecule has 1 aliphatic rings. The molecule has 1 aromatic rings. The predicted octanol–water partition coefficient (Wildman–Crippen LogP) is 1.43. The number of piperazine rings is 1. The van der Waals surface area contributed by atoms with E-state index in [2.05, 4.69) is 11.0 Å². The van der Waals surface area contributed by atoms with Gasteiger partial charge in [-0.1, -0.05) is 0 Å². The van der Waals surface area contributed by atoms with Gasteiger partial charge in [0, 0.05) is 44.4 Å². The molecule has 104 valence electrons. The van der Waals surface area contributed by atoms with Crippen LogP contribution < -0.4 is 4.90 Å². The number of hydrogen-bond acceptors (Lipinski definition) is 4. The first-order valence-electron chi connectivity index (χ1n) is 6.58. The number of Topliss-reactive ketones (excluding diaryl/α,β-unsaturated/α-hetero) is 1. The number of nitrogens with zero attached hydrogens (tertiary/aromatic N) is 3. The molecule has 0 bridgehead atoms. The number of hydrogen-bond donors (Lipinski definition) is 0. The highest BCUT2D eigenvalue weighted by atomic mass is 16.2. The van der Waals surface area contributed by atoms with Gasteiger partial charge in [0.2, 0.25) is 5.91 Å². The van der Waals surface area contributed by atoms with Crippen LogP contribution in [-0.4, -0.2) is 42.8 Å². The SMILES string of the molecule is CC(=O)c1ccc(C#N)cc1N1CCN(C(C)=O)CC1. The van der Waals surface area contributed by atoms with Gasteiger partial charge >= 0.3 is 0 Å². The molecule has 0 atom stereocenters. The van der Waals surface area contributed by atoms with Crippen molar-refractivity contribution < 1.29 is 9.59 Å². The Morgan fingerprint density at radius 2 is 1.80 bits per heavy atom. The molecule has 0 aliphatic carbocycles. The van der Waals surface area contributed by atoms with Crippen LogP contribution in [0.2, 0.25) is 0 Å². The summed E-state index contributed by atoms with van der Waals surface area (Å²) in [6.45, 7) is 5.72. The van der Waals surface area contributed by atoms with Gasteiger partial charge in [-0.15, -0.1) is 0 Å². The fourth-order valence-electron chi connectivity index (χ4n) is 2.42. The first-order chi connectivity index (χ1) is 9.52. The minimum absolute atomic E-state index is 0.0153. The van der Waals surface area contributed by atoms with E-state index >= 15 is 0 Å². The van der Waals surface area contributed by atoms with E-state index in [1.165, 1.54) is 6.92 Å². The quantitative estimate of drug-likeness (QED) is 0.763. The van der Waals surface area contributed by atoms with Gasteiger partial charge in [-0.2, -0.15) is 5.26 Å². The van der Waals surface area contributed by atoms with Crippen molar-refractivity contribution in [2.45, 2.75) is 13.8 Å². The average molecular weight is 271 g/mol. The number of rotatable bonds is 2. The van der Waals surface area contributed by atoms with Crippen LogP contribution >= 0.6 is 0 Å². The van der Waals surface area contributed by atoms with E-state index in [-0.39, 0.29) is 11.7 Å². The van der Waals surface area contributed by atoms with Gasteiger partial charge in [-0.3, -0.25) is 9.59 Å². The lowest BCUT2D eigenvalue weighted by molar-refractivity contribution is -0.129. The number of carbonyl (C=O) groups is 2. The Morgan fingerprint density at radius 3 is 2.30 bits per heavy atom. The second-order valence-electron chi connectivity index (χ2n) is 4.89. The lowest BCUT2D eigenvalue weighted by Gasteiger charge is -2.36. The van der Waals surface area contributed by atoms with E-state index in [1.54, 1.807) is 30.0 Å². The summed E-state index contributed by atoms with van der Waals surface area (Å²) in [6.07, 6.45) is 0. The van der Waals surface area contributed by atoms with Crippen LogP contribution in [0.5, 0.6) is 0 Å². The Bertz CT molecular complexity index is 581. The fourth-order valence-corrected chi connectivity index (χ4v) is 2.42. The maximum Gasteiger partial charge on any atom is 0.219 e. The maximum absolute atomic E-state index is 11.7. The Labute approximate surface area is 118 Å². The second-order valence-corrected chi connectivity index (χ2v) is 4.89. The van der Waals surface area contributed by atoms with E-state index < -0.39 is 0 Å². The predicted molar refractivity (Wildman–Crippen MR) is 75.6 cm³/mol. The van der Waals surface area contributed by atoms with Crippen LogP contribution in [0.25, 0.3) is 0 Å². The van der Waals surface area contributed by atoms with Gasteiger partial charge in [-0.05, 0) is 25.1 Å². The molecule has 1 heterocycles. The molecule has 0 unspecified atom stereocenters. The highest BCUT2D eigenvalue weighted by Gasteiger charge is 2.21. The van der Waals surface area contributed by atoms with Crippen molar-refractivity contribution in [1.29, 1.82) is 5.26 Å². The first kappa shape index (κ1) is 14.1. The van der Waals surface area contributed by atoms with Gasteiger partial charge in [0.05, 0.1) is 11.6 Å². The molecule has 1 aromatic carbocycles. The summed E-state index contributed by atoms with van der Waals surface area (Å²) in [7, 11) is 0. The summed E-state index contributed by atoms with van der Waals surface area (Å²) in [5.74, 6) is 0.0562. The maximum atomic E-state index is 11.7.